The second-order valence-electron chi connectivity index (χ2n) is 4.39. The number of aromatic nitrogens is 2. The molecule has 66 valence electrons. The van der Waals surface area contributed by atoms with Crippen LogP contribution in [0.3, 0.4) is 0 Å². The molecular weight excluding hydrogens is 150 g/mol. The largest absolute Gasteiger partial charge is 0.369 e. The van der Waals surface area contributed by atoms with Crippen LogP contribution < -0.4 is 5.73 Å². The Morgan fingerprint density at radius 2 is 2.25 bits per heavy atom. The Morgan fingerprint density at radius 3 is 3.00 bits per heavy atom. The van der Waals surface area contributed by atoms with E-state index in [1.165, 1.54) is 17.8 Å². The van der Waals surface area contributed by atoms with E-state index >= 15 is 0 Å². The van der Waals surface area contributed by atoms with E-state index in [1.54, 1.807) is 0 Å². The van der Waals surface area contributed by atoms with E-state index in [0.717, 1.165) is 12.8 Å². The summed E-state index contributed by atoms with van der Waals surface area (Å²) in [5, 5.41) is 0. The van der Waals surface area contributed by atoms with Gasteiger partial charge in [0, 0.05) is 5.69 Å². The van der Waals surface area contributed by atoms with E-state index in [2.05, 4.69) is 23.8 Å². The topological polar surface area (TPSA) is 54.7 Å². The fourth-order valence-corrected chi connectivity index (χ4v) is 1.84. The summed E-state index contributed by atoms with van der Waals surface area (Å²) in [5.41, 5.74) is 8.40. The van der Waals surface area contributed by atoms with Crippen molar-refractivity contribution in [2.45, 2.75) is 33.1 Å². The van der Waals surface area contributed by atoms with Crippen LogP contribution in [0, 0.1) is 5.41 Å². The average molecular weight is 165 g/mol. The monoisotopic (exact) mass is 165 g/mol. The molecule has 2 rings (SSSR count). The number of aromatic amines is 1. The molecule has 1 heterocycles. The molecule has 0 saturated carbocycles. The first-order valence-corrected chi connectivity index (χ1v) is 4.40. The predicted molar refractivity (Wildman–Crippen MR) is 48.8 cm³/mol. The summed E-state index contributed by atoms with van der Waals surface area (Å²) in [7, 11) is 0. The van der Waals surface area contributed by atoms with Crippen molar-refractivity contribution in [3.63, 3.8) is 0 Å². The van der Waals surface area contributed by atoms with Crippen molar-refractivity contribution in [2.24, 2.45) is 5.41 Å². The van der Waals surface area contributed by atoms with Crippen molar-refractivity contribution in [3.05, 3.63) is 11.4 Å². The summed E-state index contributed by atoms with van der Waals surface area (Å²) in [4.78, 5) is 7.36. The summed E-state index contributed by atoms with van der Waals surface area (Å²) in [6.45, 7) is 4.57. The lowest BCUT2D eigenvalue weighted by molar-refractivity contribution is 0.310. The third-order valence-electron chi connectivity index (χ3n) is 2.58. The molecule has 3 heteroatoms. The molecule has 0 amide bonds. The summed E-state index contributed by atoms with van der Waals surface area (Å²) < 4.78 is 0. The molecule has 0 unspecified atom stereocenters. The molecule has 0 fully saturated rings. The highest BCUT2D eigenvalue weighted by Crippen LogP contribution is 2.33. The van der Waals surface area contributed by atoms with E-state index in [9.17, 15) is 0 Å². The Hall–Kier alpha value is -0.990. The molecule has 0 saturated heterocycles. The Bertz CT molecular complexity index is 299. The number of rotatable bonds is 0. The maximum Gasteiger partial charge on any atom is 0.197 e. The smallest absolute Gasteiger partial charge is 0.197 e. The fraction of sp³-hybridized carbons (Fsp3) is 0.667. The van der Waals surface area contributed by atoms with E-state index in [4.69, 9.17) is 5.73 Å². The lowest BCUT2D eigenvalue weighted by atomic mass is 9.78. The van der Waals surface area contributed by atoms with Crippen molar-refractivity contribution in [1.82, 2.24) is 9.97 Å². The Labute approximate surface area is 72.4 Å². The number of fused-ring (bicyclic) bond motifs is 1. The third kappa shape index (κ3) is 1.19. The lowest BCUT2D eigenvalue weighted by Crippen LogP contribution is -2.21. The van der Waals surface area contributed by atoms with Crippen LogP contribution >= 0.6 is 0 Å². The molecule has 0 aromatic carbocycles. The normalized spacial score (nSPS) is 20.5. The minimum Gasteiger partial charge on any atom is -0.369 e. The van der Waals surface area contributed by atoms with E-state index in [-0.39, 0.29) is 0 Å². The van der Waals surface area contributed by atoms with Gasteiger partial charge in [-0.15, -0.1) is 0 Å². The molecule has 1 aromatic rings. The number of nitrogen functional groups attached to an aromatic ring is 1. The molecule has 1 aromatic heterocycles. The molecular formula is C9H15N3. The number of aryl methyl sites for hydroxylation is 1. The number of nitrogens with one attached hydrogen (secondary N) is 1. The van der Waals surface area contributed by atoms with Crippen LogP contribution in [0.25, 0.3) is 0 Å². The number of hydrogen-bond acceptors (Lipinski definition) is 2. The Kier molecular flexibility index (Phi) is 1.43. The number of hydrogen-bond donors (Lipinski definition) is 2. The van der Waals surface area contributed by atoms with Gasteiger partial charge in [0.1, 0.15) is 0 Å². The van der Waals surface area contributed by atoms with Gasteiger partial charge in [-0.25, -0.2) is 4.98 Å². The molecule has 0 aliphatic heterocycles. The van der Waals surface area contributed by atoms with Gasteiger partial charge in [-0.3, -0.25) is 0 Å². The SMILES string of the molecule is CC1(C)CCc2nc(N)[nH]c2C1. The summed E-state index contributed by atoms with van der Waals surface area (Å²) in [5.74, 6) is 0.567. The average Bonchev–Trinajstić information content (AvgIpc) is 2.26. The number of imidazole rings is 1. The molecule has 0 radical (unpaired) electrons. The van der Waals surface area contributed by atoms with E-state index in [0.29, 0.717) is 11.4 Å². The Balaban J connectivity index is 2.34. The highest BCUT2D eigenvalue weighted by molar-refractivity contribution is 5.28. The predicted octanol–water partition coefficient (Wildman–Crippen LogP) is 1.51. The first kappa shape index (κ1) is 7.65. The minimum absolute atomic E-state index is 0.409. The molecule has 3 N–H and O–H groups in total. The van der Waals surface area contributed by atoms with Crippen LogP contribution in [0.15, 0.2) is 0 Å². The second-order valence-corrected chi connectivity index (χ2v) is 4.39. The molecule has 0 bridgehead atoms. The molecule has 12 heavy (non-hydrogen) atoms. The zero-order chi connectivity index (χ0) is 8.77. The molecule has 3 nitrogen and oxygen atoms in total. The first-order chi connectivity index (χ1) is 5.57. The summed E-state index contributed by atoms with van der Waals surface area (Å²) in [6.07, 6.45) is 3.35. The van der Waals surface area contributed by atoms with Crippen LogP contribution in [0.2, 0.25) is 0 Å². The van der Waals surface area contributed by atoms with Gasteiger partial charge in [0.05, 0.1) is 5.69 Å². The highest BCUT2D eigenvalue weighted by Gasteiger charge is 2.27. The van der Waals surface area contributed by atoms with Crippen molar-refractivity contribution in [3.8, 4) is 0 Å². The maximum atomic E-state index is 5.58. The third-order valence-corrected chi connectivity index (χ3v) is 2.58. The molecule has 0 spiro atoms. The van der Waals surface area contributed by atoms with Crippen molar-refractivity contribution < 1.29 is 0 Å². The molecule has 1 aliphatic carbocycles. The van der Waals surface area contributed by atoms with E-state index < -0.39 is 0 Å². The highest BCUT2D eigenvalue weighted by atomic mass is 15.0. The van der Waals surface area contributed by atoms with Gasteiger partial charge in [-0.05, 0) is 24.7 Å². The van der Waals surface area contributed by atoms with Crippen LogP contribution in [0.4, 0.5) is 5.95 Å². The Morgan fingerprint density at radius 1 is 1.50 bits per heavy atom. The zero-order valence-electron chi connectivity index (χ0n) is 7.65. The van der Waals surface area contributed by atoms with Gasteiger partial charge in [0.25, 0.3) is 0 Å². The van der Waals surface area contributed by atoms with Crippen LogP contribution in [0.5, 0.6) is 0 Å². The van der Waals surface area contributed by atoms with Gasteiger partial charge in [-0.2, -0.15) is 0 Å². The maximum absolute atomic E-state index is 5.58. The van der Waals surface area contributed by atoms with E-state index in [1.807, 2.05) is 0 Å². The summed E-state index contributed by atoms with van der Waals surface area (Å²) in [6, 6.07) is 0. The van der Waals surface area contributed by atoms with Crippen molar-refractivity contribution in [2.75, 3.05) is 5.73 Å². The van der Waals surface area contributed by atoms with Gasteiger partial charge in [0.15, 0.2) is 5.95 Å². The van der Waals surface area contributed by atoms with Crippen LogP contribution in [-0.2, 0) is 12.8 Å². The van der Waals surface area contributed by atoms with Crippen LogP contribution in [-0.4, -0.2) is 9.97 Å². The quantitative estimate of drug-likeness (QED) is 0.612. The summed E-state index contributed by atoms with van der Waals surface area (Å²) >= 11 is 0. The molecule has 1 aliphatic rings. The second kappa shape index (κ2) is 2.25. The van der Waals surface area contributed by atoms with Gasteiger partial charge in [0.2, 0.25) is 0 Å². The lowest BCUT2D eigenvalue weighted by Gasteiger charge is -2.28. The number of nitrogens with two attached hydrogens (primary N) is 1. The van der Waals surface area contributed by atoms with Crippen molar-refractivity contribution >= 4 is 5.95 Å². The number of nitrogens with zero attached hydrogens (tertiary/aromatic N) is 1. The van der Waals surface area contributed by atoms with Crippen LogP contribution in [0.1, 0.15) is 31.7 Å². The standard InChI is InChI=1S/C9H15N3/c1-9(2)4-3-6-7(5-9)12-8(10)11-6/h3-5H2,1-2H3,(H3,10,11,12). The van der Waals surface area contributed by atoms with Gasteiger partial charge in [-0.1, -0.05) is 13.8 Å². The fourth-order valence-electron chi connectivity index (χ4n) is 1.84. The minimum atomic E-state index is 0.409. The van der Waals surface area contributed by atoms with Gasteiger partial charge < -0.3 is 10.7 Å². The number of H-pyrrole nitrogens is 1. The molecule has 0 atom stereocenters. The van der Waals surface area contributed by atoms with Gasteiger partial charge >= 0.3 is 0 Å². The number of anilines is 1. The first-order valence-electron chi connectivity index (χ1n) is 4.40. The van der Waals surface area contributed by atoms with Crippen molar-refractivity contribution in [1.29, 1.82) is 0 Å². The zero-order valence-corrected chi connectivity index (χ0v) is 7.65.